The number of anilines is 2. The Morgan fingerprint density at radius 2 is 2.05 bits per heavy atom. The maximum Gasteiger partial charge on any atom is 0.224 e. The zero-order valence-electron chi connectivity index (χ0n) is 12.7. The zero-order valence-corrected chi connectivity index (χ0v) is 12.7. The highest BCUT2D eigenvalue weighted by Gasteiger charge is 2.18. The van der Waals surface area contributed by atoms with Crippen molar-refractivity contribution in [3.63, 3.8) is 0 Å². The average molecular weight is 284 g/mol. The van der Waals surface area contributed by atoms with Gasteiger partial charge in [-0.1, -0.05) is 6.07 Å². The van der Waals surface area contributed by atoms with Gasteiger partial charge >= 0.3 is 0 Å². The molecule has 0 fully saturated rings. The van der Waals surface area contributed by atoms with Gasteiger partial charge in [0.05, 0.1) is 7.11 Å². The summed E-state index contributed by atoms with van der Waals surface area (Å²) in [6.45, 7) is 3.83. The molecule has 1 aliphatic heterocycles. The molecule has 0 radical (unpaired) electrons. The molecule has 3 rings (SSSR count). The Hall–Kier alpha value is -2.30. The first kappa shape index (κ1) is 13.7. The van der Waals surface area contributed by atoms with Crippen molar-refractivity contribution in [3.05, 3.63) is 41.1 Å². The molecule has 21 heavy (non-hydrogen) atoms. The number of hydrogen-bond acceptors (Lipinski definition) is 5. The molecule has 2 aromatic rings. The molecule has 5 nitrogen and oxygen atoms in total. The molecule has 0 atom stereocenters. The first-order valence-corrected chi connectivity index (χ1v) is 7.14. The van der Waals surface area contributed by atoms with Crippen LogP contribution in [0.3, 0.4) is 0 Å². The van der Waals surface area contributed by atoms with E-state index in [1.165, 1.54) is 11.1 Å². The van der Waals surface area contributed by atoms with E-state index < -0.39 is 0 Å². The first-order valence-electron chi connectivity index (χ1n) is 7.14. The van der Waals surface area contributed by atoms with Gasteiger partial charge in [0.15, 0.2) is 0 Å². The number of aryl methyl sites for hydroxylation is 1. The van der Waals surface area contributed by atoms with Gasteiger partial charge in [-0.05, 0) is 36.6 Å². The summed E-state index contributed by atoms with van der Waals surface area (Å²) < 4.78 is 5.30. The minimum absolute atomic E-state index is 0.672. The predicted octanol–water partition coefficient (Wildman–Crippen LogP) is 2.40. The number of ether oxygens (including phenoxy) is 1. The van der Waals surface area contributed by atoms with E-state index in [0.717, 1.165) is 36.8 Å². The largest absolute Gasteiger partial charge is 0.497 e. The molecule has 0 unspecified atom stereocenters. The maximum absolute atomic E-state index is 5.30. The summed E-state index contributed by atoms with van der Waals surface area (Å²) in [6.07, 6.45) is 1.00. The van der Waals surface area contributed by atoms with Crippen molar-refractivity contribution in [2.45, 2.75) is 19.9 Å². The summed E-state index contributed by atoms with van der Waals surface area (Å²) in [7, 11) is 3.55. The van der Waals surface area contributed by atoms with Crippen LogP contribution in [0.2, 0.25) is 0 Å². The monoisotopic (exact) mass is 284 g/mol. The molecule has 1 aromatic carbocycles. The predicted molar refractivity (Wildman–Crippen MR) is 84.1 cm³/mol. The maximum atomic E-state index is 5.30. The number of fused-ring (bicyclic) bond motifs is 1. The Morgan fingerprint density at radius 3 is 2.81 bits per heavy atom. The van der Waals surface area contributed by atoms with Crippen molar-refractivity contribution >= 4 is 11.8 Å². The van der Waals surface area contributed by atoms with Gasteiger partial charge in [0, 0.05) is 31.9 Å². The van der Waals surface area contributed by atoms with Crippen molar-refractivity contribution in [3.8, 4) is 5.75 Å². The van der Waals surface area contributed by atoms with Crippen LogP contribution >= 0.6 is 0 Å². The Morgan fingerprint density at radius 1 is 1.19 bits per heavy atom. The number of methoxy groups -OCH3 is 1. The average Bonchev–Trinajstić information content (AvgIpc) is 2.53. The fourth-order valence-electron chi connectivity index (χ4n) is 2.68. The number of nitrogens with zero attached hydrogens (tertiary/aromatic N) is 3. The SMILES string of the molecule is CNc1nc(C)cc(N2CCc3cc(OC)ccc3C2)n1. The quantitative estimate of drug-likeness (QED) is 0.938. The van der Waals surface area contributed by atoms with Gasteiger partial charge in [0.25, 0.3) is 0 Å². The highest BCUT2D eigenvalue weighted by atomic mass is 16.5. The molecule has 1 aromatic heterocycles. The lowest BCUT2D eigenvalue weighted by molar-refractivity contribution is 0.413. The van der Waals surface area contributed by atoms with E-state index in [9.17, 15) is 0 Å². The first-order chi connectivity index (χ1) is 10.2. The second-order valence-electron chi connectivity index (χ2n) is 5.25. The molecule has 0 amide bonds. The summed E-state index contributed by atoms with van der Waals surface area (Å²) in [4.78, 5) is 11.2. The summed E-state index contributed by atoms with van der Waals surface area (Å²) >= 11 is 0. The molecular formula is C16H20N4O. The lowest BCUT2D eigenvalue weighted by atomic mass is 9.99. The highest BCUT2D eigenvalue weighted by molar-refractivity contribution is 5.49. The van der Waals surface area contributed by atoms with Gasteiger partial charge in [-0.3, -0.25) is 0 Å². The van der Waals surface area contributed by atoms with Crippen LogP contribution in [0.15, 0.2) is 24.3 Å². The van der Waals surface area contributed by atoms with E-state index in [0.29, 0.717) is 5.95 Å². The van der Waals surface area contributed by atoms with Gasteiger partial charge in [-0.15, -0.1) is 0 Å². The molecule has 0 bridgehead atoms. The molecule has 0 saturated heterocycles. The number of rotatable bonds is 3. The lowest BCUT2D eigenvalue weighted by Gasteiger charge is -2.30. The number of benzene rings is 1. The Kier molecular flexibility index (Phi) is 3.64. The summed E-state index contributed by atoms with van der Waals surface area (Å²) in [5.41, 5.74) is 3.68. The molecule has 0 aliphatic carbocycles. The molecule has 1 aliphatic rings. The molecule has 110 valence electrons. The number of hydrogen-bond donors (Lipinski definition) is 1. The normalized spacial score (nSPS) is 13.8. The van der Waals surface area contributed by atoms with Gasteiger partial charge in [0.2, 0.25) is 5.95 Å². The Bertz CT molecular complexity index is 657. The third kappa shape index (κ3) is 2.77. The van der Waals surface area contributed by atoms with Gasteiger partial charge in [-0.2, -0.15) is 4.98 Å². The minimum Gasteiger partial charge on any atom is -0.497 e. The van der Waals surface area contributed by atoms with E-state index in [2.05, 4.69) is 32.3 Å². The molecular weight excluding hydrogens is 264 g/mol. The van der Waals surface area contributed by atoms with Crippen LogP contribution in [-0.4, -0.2) is 30.7 Å². The topological polar surface area (TPSA) is 50.3 Å². The van der Waals surface area contributed by atoms with Crippen LogP contribution in [0.25, 0.3) is 0 Å². The van der Waals surface area contributed by atoms with E-state index in [1.54, 1.807) is 7.11 Å². The van der Waals surface area contributed by atoms with Crippen LogP contribution in [-0.2, 0) is 13.0 Å². The van der Waals surface area contributed by atoms with Crippen molar-refractivity contribution in [1.29, 1.82) is 0 Å². The zero-order chi connectivity index (χ0) is 14.8. The summed E-state index contributed by atoms with van der Waals surface area (Å²) in [5.74, 6) is 2.58. The van der Waals surface area contributed by atoms with Gasteiger partial charge < -0.3 is 15.0 Å². The van der Waals surface area contributed by atoms with Crippen LogP contribution < -0.4 is 15.0 Å². The fraction of sp³-hybridized carbons (Fsp3) is 0.375. The van der Waals surface area contributed by atoms with Crippen LogP contribution in [0.5, 0.6) is 5.75 Å². The molecule has 2 heterocycles. The van der Waals surface area contributed by atoms with Gasteiger partial charge in [0.1, 0.15) is 11.6 Å². The fourth-order valence-corrected chi connectivity index (χ4v) is 2.68. The van der Waals surface area contributed by atoms with E-state index in [4.69, 9.17) is 4.74 Å². The van der Waals surface area contributed by atoms with Crippen LogP contribution in [0.1, 0.15) is 16.8 Å². The Balaban J connectivity index is 1.87. The summed E-state index contributed by atoms with van der Waals surface area (Å²) in [6, 6.07) is 8.34. The van der Waals surface area contributed by atoms with E-state index >= 15 is 0 Å². The Labute approximate surface area is 125 Å². The van der Waals surface area contributed by atoms with E-state index in [1.807, 2.05) is 26.1 Å². The third-order valence-corrected chi connectivity index (χ3v) is 3.81. The third-order valence-electron chi connectivity index (χ3n) is 3.81. The second-order valence-corrected chi connectivity index (χ2v) is 5.25. The molecule has 5 heteroatoms. The van der Waals surface area contributed by atoms with Crippen molar-refractivity contribution in [2.24, 2.45) is 0 Å². The van der Waals surface area contributed by atoms with E-state index in [-0.39, 0.29) is 0 Å². The van der Waals surface area contributed by atoms with Crippen LogP contribution in [0, 0.1) is 6.92 Å². The van der Waals surface area contributed by atoms with Crippen LogP contribution in [0.4, 0.5) is 11.8 Å². The van der Waals surface area contributed by atoms with Crippen molar-refractivity contribution in [2.75, 3.05) is 30.9 Å². The van der Waals surface area contributed by atoms with Crippen molar-refractivity contribution < 1.29 is 4.74 Å². The molecule has 0 saturated carbocycles. The highest BCUT2D eigenvalue weighted by Crippen LogP contribution is 2.26. The lowest BCUT2D eigenvalue weighted by Crippen LogP contribution is -2.31. The summed E-state index contributed by atoms with van der Waals surface area (Å²) in [5, 5.41) is 3.02. The standard InChI is InChI=1S/C16H20N4O/c1-11-8-15(19-16(17-2)18-11)20-7-6-12-9-14(21-3)5-4-13(12)10-20/h4-5,8-9H,6-7,10H2,1-3H3,(H,17,18,19). The number of aromatic nitrogens is 2. The minimum atomic E-state index is 0.672. The van der Waals surface area contributed by atoms with Crippen molar-refractivity contribution in [1.82, 2.24) is 9.97 Å². The molecule has 1 N–H and O–H groups in total. The number of nitrogens with one attached hydrogen (secondary N) is 1. The smallest absolute Gasteiger partial charge is 0.224 e. The molecule has 0 spiro atoms. The second kappa shape index (κ2) is 5.60. The van der Waals surface area contributed by atoms with Gasteiger partial charge in [-0.25, -0.2) is 4.98 Å².